The van der Waals surface area contributed by atoms with Crippen molar-refractivity contribution in [2.45, 2.75) is 6.42 Å². The van der Waals surface area contributed by atoms with Crippen molar-refractivity contribution in [1.29, 1.82) is 0 Å². The van der Waals surface area contributed by atoms with Gasteiger partial charge in [-0.1, -0.05) is 35.9 Å². The summed E-state index contributed by atoms with van der Waals surface area (Å²) in [5, 5.41) is 10.6. The molecule has 2 aliphatic rings. The van der Waals surface area contributed by atoms with E-state index in [4.69, 9.17) is 26.1 Å². The van der Waals surface area contributed by atoms with Crippen molar-refractivity contribution in [1.82, 2.24) is 24.5 Å². The quantitative estimate of drug-likeness (QED) is 0.337. The minimum atomic E-state index is -0.0252. The van der Waals surface area contributed by atoms with E-state index in [1.54, 1.807) is 18.2 Å². The molecule has 2 aliphatic heterocycles. The van der Waals surface area contributed by atoms with Gasteiger partial charge in [-0.05, 0) is 48.9 Å². The number of hydrogen-bond donors (Lipinski definition) is 0. The van der Waals surface area contributed by atoms with Gasteiger partial charge in [0.1, 0.15) is 0 Å². The lowest BCUT2D eigenvalue weighted by molar-refractivity contribution is 0.0766. The molecule has 4 heterocycles. The summed E-state index contributed by atoms with van der Waals surface area (Å²) in [6, 6.07) is 20.9. The topological polar surface area (TPSA) is 85.1 Å². The first-order valence-electron chi connectivity index (χ1n) is 12.5. The van der Waals surface area contributed by atoms with E-state index in [9.17, 15) is 4.79 Å². The van der Waals surface area contributed by atoms with Crippen molar-refractivity contribution in [2.24, 2.45) is 0 Å². The van der Waals surface area contributed by atoms with Crippen LogP contribution in [0.5, 0.6) is 11.5 Å². The van der Waals surface area contributed by atoms with E-state index < -0.39 is 0 Å². The largest absolute Gasteiger partial charge is 0.454 e. The number of nitrogens with zero attached hydrogens (tertiary/aromatic N) is 6. The first kappa shape index (κ1) is 22.8. The van der Waals surface area contributed by atoms with Gasteiger partial charge in [0.2, 0.25) is 12.7 Å². The summed E-state index contributed by atoms with van der Waals surface area (Å²) in [4.78, 5) is 22.5. The highest BCUT2D eigenvalue weighted by atomic mass is 35.5. The third kappa shape index (κ3) is 3.78. The summed E-state index contributed by atoms with van der Waals surface area (Å²) in [5.41, 5.74) is 2.94. The zero-order chi connectivity index (χ0) is 25.6. The molecule has 7 rings (SSSR count). The van der Waals surface area contributed by atoms with Crippen molar-refractivity contribution in [3.8, 4) is 22.9 Å². The van der Waals surface area contributed by atoms with Crippen LogP contribution < -0.4 is 14.4 Å². The number of benzene rings is 3. The highest BCUT2D eigenvalue weighted by molar-refractivity contribution is 6.33. The second-order valence-electron chi connectivity index (χ2n) is 9.29. The van der Waals surface area contributed by atoms with Crippen molar-refractivity contribution in [2.75, 3.05) is 37.9 Å². The number of carbonyl (C=O) groups is 1. The second kappa shape index (κ2) is 9.18. The number of halogens is 1. The van der Waals surface area contributed by atoms with Gasteiger partial charge in [-0.15, -0.1) is 10.2 Å². The molecule has 1 saturated heterocycles. The third-order valence-electron chi connectivity index (χ3n) is 7.03. The maximum atomic E-state index is 13.4. The molecule has 3 aromatic carbocycles. The van der Waals surface area contributed by atoms with Crippen LogP contribution in [0.1, 0.15) is 16.8 Å². The van der Waals surface area contributed by atoms with E-state index in [-0.39, 0.29) is 12.7 Å². The van der Waals surface area contributed by atoms with E-state index in [0.717, 1.165) is 41.0 Å². The lowest BCUT2D eigenvalue weighted by Gasteiger charge is -2.24. The molecular formula is C28H23ClN6O3. The first-order valence-corrected chi connectivity index (χ1v) is 12.9. The molecule has 2 aromatic heterocycles. The Morgan fingerprint density at radius 1 is 0.868 bits per heavy atom. The zero-order valence-corrected chi connectivity index (χ0v) is 21.1. The maximum Gasteiger partial charge on any atom is 0.254 e. The standard InChI is InChI=1S/C28H23ClN6O3/c29-21-8-3-1-6-19(21)25-31-32-26-20-7-2-4-9-22(20)30-28(35(25)26)34-13-5-12-33(14-15-34)27(36)18-10-11-23-24(16-18)38-17-37-23/h1-4,6-11,16H,5,12-15,17H2. The fourth-order valence-electron chi connectivity index (χ4n) is 5.13. The summed E-state index contributed by atoms with van der Waals surface area (Å²) >= 11 is 6.57. The Morgan fingerprint density at radius 3 is 2.63 bits per heavy atom. The molecule has 9 nitrogen and oxygen atoms in total. The number of aromatic nitrogens is 4. The molecule has 0 radical (unpaired) electrons. The number of carbonyl (C=O) groups excluding carboxylic acids is 1. The molecule has 10 heteroatoms. The maximum absolute atomic E-state index is 13.4. The molecule has 0 unspecified atom stereocenters. The van der Waals surface area contributed by atoms with Crippen LogP contribution in [0, 0.1) is 0 Å². The van der Waals surface area contributed by atoms with Crippen molar-refractivity contribution in [3.63, 3.8) is 0 Å². The van der Waals surface area contributed by atoms with Gasteiger partial charge in [0.25, 0.3) is 5.91 Å². The summed E-state index contributed by atoms with van der Waals surface area (Å²) in [7, 11) is 0. The van der Waals surface area contributed by atoms with Gasteiger partial charge in [0.15, 0.2) is 23.0 Å². The number of rotatable bonds is 3. The van der Waals surface area contributed by atoms with Crippen LogP contribution in [-0.2, 0) is 0 Å². The average molecular weight is 527 g/mol. The molecule has 0 spiro atoms. The van der Waals surface area contributed by atoms with E-state index in [0.29, 0.717) is 47.5 Å². The molecule has 5 aromatic rings. The van der Waals surface area contributed by atoms with E-state index in [2.05, 4.69) is 15.1 Å². The fraction of sp³-hybridized carbons (Fsp3) is 0.214. The lowest BCUT2D eigenvalue weighted by atomic mass is 10.1. The molecule has 1 fully saturated rings. The van der Waals surface area contributed by atoms with Crippen molar-refractivity contribution in [3.05, 3.63) is 77.3 Å². The summed E-state index contributed by atoms with van der Waals surface area (Å²) < 4.78 is 12.8. The number of amides is 1. The van der Waals surface area contributed by atoms with Crippen molar-refractivity contribution < 1.29 is 14.3 Å². The molecule has 190 valence electrons. The Bertz CT molecular complexity index is 1700. The number of para-hydroxylation sites is 1. The van der Waals surface area contributed by atoms with Gasteiger partial charge in [-0.25, -0.2) is 9.38 Å². The van der Waals surface area contributed by atoms with Gasteiger partial charge >= 0.3 is 0 Å². The molecule has 0 bridgehead atoms. The lowest BCUT2D eigenvalue weighted by Crippen LogP contribution is -2.36. The molecule has 0 saturated carbocycles. The fourth-order valence-corrected chi connectivity index (χ4v) is 5.35. The summed E-state index contributed by atoms with van der Waals surface area (Å²) in [6.07, 6.45) is 0.788. The average Bonchev–Trinajstić information content (AvgIpc) is 3.53. The SMILES string of the molecule is O=C(c1ccc2c(c1)OCO2)N1CCCN(c2nc3ccccc3c3nnc(-c4ccccc4Cl)n23)CC1. The highest BCUT2D eigenvalue weighted by Gasteiger charge is 2.26. The number of anilines is 1. The van der Waals surface area contributed by atoms with Crippen LogP contribution in [0.25, 0.3) is 27.9 Å². The Labute approximate surface area is 223 Å². The third-order valence-corrected chi connectivity index (χ3v) is 7.36. The monoisotopic (exact) mass is 526 g/mol. The Hall–Kier alpha value is -4.37. The van der Waals surface area contributed by atoms with Crippen LogP contribution in [0.2, 0.25) is 5.02 Å². The predicted octanol–water partition coefficient (Wildman–Crippen LogP) is 4.68. The minimum Gasteiger partial charge on any atom is -0.454 e. The molecule has 1 amide bonds. The smallest absolute Gasteiger partial charge is 0.254 e. The first-order chi connectivity index (χ1) is 18.7. The summed E-state index contributed by atoms with van der Waals surface area (Å²) in [6.45, 7) is 2.70. The second-order valence-corrected chi connectivity index (χ2v) is 9.70. The Kier molecular flexibility index (Phi) is 5.51. The number of fused-ring (bicyclic) bond motifs is 4. The number of hydrogen-bond acceptors (Lipinski definition) is 7. The van der Waals surface area contributed by atoms with Crippen LogP contribution in [0.4, 0.5) is 5.95 Å². The number of ether oxygens (including phenoxy) is 2. The molecule has 0 aliphatic carbocycles. The van der Waals surface area contributed by atoms with Crippen LogP contribution in [-0.4, -0.2) is 63.4 Å². The van der Waals surface area contributed by atoms with Gasteiger partial charge in [0, 0.05) is 42.7 Å². The van der Waals surface area contributed by atoms with E-state index in [1.807, 2.05) is 57.8 Å². The minimum absolute atomic E-state index is 0.0252. The molecular weight excluding hydrogens is 504 g/mol. The van der Waals surface area contributed by atoms with Crippen LogP contribution in [0.15, 0.2) is 66.7 Å². The van der Waals surface area contributed by atoms with E-state index >= 15 is 0 Å². The molecule has 0 atom stereocenters. The predicted molar refractivity (Wildman–Crippen MR) is 144 cm³/mol. The van der Waals surface area contributed by atoms with Crippen LogP contribution in [0.3, 0.4) is 0 Å². The Morgan fingerprint density at radius 2 is 1.71 bits per heavy atom. The van der Waals surface area contributed by atoms with E-state index in [1.165, 1.54) is 0 Å². The van der Waals surface area contributed by atoms with Gasteiger partial charge in [-0.3, -0.25) is 4.79 Å². The summed E-state index contributed by atoms with van der Waals surface area (Å²) in [5.74, 6) is 2.61. The normalized spacial score (nSPS) is 15.3. The van der Waals surface area contributed by atoms with Gasteiger partial charge < -0.3 is 19.3 Å². The highest BCUT2D eigenvalue weighted by Crippen LogP contribution is 2.34. The van der Waals surface area contributed by atoms with Gasteiger partial charge in [0.05, 0.1) is 10.5 Å². The van der Waals surface area contributed by atoms with Crippen LogP contribution >= 0.6 is 11.6 Å². The zero-order valence-electron chi connectivity index (χ0n) is 20.4. The molecule has 38 heavy (non-hydrogen) atoms. The molecule has 0 N–H and O–H groups in total. The Balaban J connectivity index is 1.26. The van der Waals surface area contributed by atoms with Gasteiger partial charge in [-0.2, -0.15) is 0 Å². The van der Waals surface area contributed by atoms with Crippen molar-refractivity contribution >= 4 is 40.0 Å².